The predicted molar refractivity (Wildman–Crippen MR) is 87.8 cm³/mol. The molecular formula is C18H27NO2. The molecule has 0 spiro atoms. The zero-order chi connectivity index (χ0) is 15.5. The van der Waals surface area contributed by atoms with Gasteiger partial charge in [0.25, 0.3) is 0 Å². The normalized spacial score (nSPS) is 11.4. The third kappa shape index (κ3) is 6.55. The maximum absolute atomic E-state index is 5.92. The molecule has 21 heavy (non-hydrogen) atoms. The fraction of sp³-hybridized carbons (Fsp3) is 0.556. The third-order valence-electron chi connectivity index (χ3n) is 2.87. The Kier molecular flexibility index (Phi) is 8.38. The van der Waals surface area contributed by atoms with E-state index in [-0.39, 0.29) is 6.04 Å². The van der Waals surface area contributed by atoms with E-state index >= 15 is 0 Å². The zero-order valence-electron chi connectivity index (χ0n) is 13.4. The Bertz CT molecular complexity index is 474. The summed E-state index contributed by atoms with van der Waals surface area (Å²) in [6, 6.07) is 5.75. The van der Waals surface area contributed by atoms with E-state index in [2.05, 4.69) is 32.6 Å². The molecule has 116 valence electrons. The van der Waals surface area contributed by atoms with Crippen molar-refractivity contribution < 1.29 is 9.47 Å². The monoisotopic (exact) mass is 289 g/mol. The van der Waals surface area contributed by atoms with Crippen LogP contribution in [0.15, 0.2) is 18.2 Å². The lowest BCUT2D eigenvalue weighted by molar-refractivity contribution is 0.268. The highest BCUT2D eigenvalue weighted by atomic mass is 16.5. The molecule has 0 bridgehead atoms. The van der Waals surface area contributed by atoms with E-state index in [1.54, 1.807) is 0 Å². The molecule has 0 amide bonds. The van der Waals surface area contributed by atoms with Gasteiger partial charge in [-0.1, -0.05) is 39.0 Å². The number of hydrogen-bond donors (Lipinski definition) is 1. The van der Waals surface area contributed by atoms with Crippen LogP contribution in [-0.4, -0.2) is 19.3 Å². The topological polar surface area (TPSA) is 44.5 Å². The maximum Gasteiger partial charge on any atom is 0.162 e. The Labute approximate surface area is 128 Å². The first-order valence-electron chi connectivity index (χ1n) is 7.88. The van der Waals surface area contributed by atoms with Crippen molar-refractivity contribution >= 4 is 0 Å². The molecule has 2 N–H and O–H groups in total. The molecule has 1 aromatic rings. The second-order valence-corrected chi connectivity index (χ2v) is 5.02. The Balaban J connectivity index is 2.86. The molecule has 0 aliphatic heterocycles. The molecule has 0 heterocycles. The highest BCUT2D eigenvalue weighted by Crippen LogP contribution is 2.28. The largest absolute Gasteiger partial charge is 0.490 e. The van der Waals surface area contributed by atoms with Crippen LogP contribution in [0.2, 0.25) is 0 Å². The first kappa shape index (κ1) is 17.4. The Morgan fingerprint density at radius 3 is 2.29 bits per heavy atom. The molecule has 0 aromatic heterocycles. The Hall–Kier alpha value is -1.66. The minimum absolute atomic E-state index is 0.0639. The molecule has 0 aliphatic carbocycles. The van der Waals surface area contributed by atoms with Crippen molar-refractivity contribution in [3.8, 4) is 23.3 Å². The van der Waals surface area contributed by atoms with Gasteiger partial charge in [-0.25, -0.2) is 0 Å². The van der Waals surface area contributed by atoms with Gasteiger partial charge in [0.1, 0.15) is 0 Å². The van der Waals surface area contributed by atoms with E-state index in [0.717, 1.165) is 42.7 Å². The van der Waals surface area contributed by atoms with Gasteiger partial charge in [0.15, 0.2) is 11.5 Å². The highest BCUT2D eigenvalue weighted by Gasteiger charge is 2.06. The summed E-state index contributed by atoms with van der Waals surface area (Å²) in [6.07, 6.45) is 3.90. The third-order valence-corrected chi connectivity index (χ3v) is 2.87. The smallest absolute Gasteiger partial charge is 0.162 e. The fourth-order valence-corrected chi connectivity index (χ4v) is 1.80. The zero-order valence-corrected chi connectivity index (χ0v) is 13.4. The maximum atomic E-state index is 5.92. The summed E-state index contributed by atoms with van der Waals surface area (Å²) in [7, 11) is 0. The lowest BCUT2D eigenvalue weighted by Gasteiger charge is -2.12. The second kappa shape index (κ2) is 10.1. The van der Waals surface area contributed by atoms with Crippen molar-refractivity contribution in [3.05, 3.63) is 23.8 Å². The summed E-state index contributed by atoms with van der Waals surface area (Å²) in [6.45, 7) is 7.64. The van der Waals surface area contributed by atoms with Crippen LogP contribution in [0.5, 0.6) is 11.5 Å². The van der Waals surface area contributed by atoms with Crippen LogP contribution in [0.1, 0.15) is 52.0 Å². The molecular weight excluding hydrogens is 262 g/mol. The summed E-state index contributed by atoms with van der Waals surface area (Å²) < 4.78 is 11.5. The van der Waals surface area contributed by atoms with Gasteiger partial charge in [-0.05, 0) is 37.5 Å². The van der Waals surface area contributed by atoms with Crippen LogP contribution < -0.4 is 15.2 Å². The molecule has 3 nitrogen and oxygen atoms in total. The van der Waals surface area contributed by atoms with Gasteiger partial charge >= 0.3 is 0 Å². The van der Waals surface area contributed by atoms with Crippen LogP contribution in [0.25, 0.3) is 0 Å². The second-order valence-electron chi connectivity index (χ2n) is 5.02. The lowest BCUT2D eigenvalue weighted by Crippen LogP contribution is -2.16. The van der Waals surface area contributed by atoms with E-state index in [4.69, 9.17) is 15.2 Å². The SMILES string of the molecule is CCCOc1ccc(C#CC(N)CCC)cc1OCCC. The summed E-state index contributed by atoms with van der Waals surface area (Å²) in [4.78, 5) is 0. The molecule has 0 fully saturated rings. The van der Waals surface area contributed by atoms with Crippen molar-refractivity contribution in [2.45, 2.75) is 52.5 Å². The van der Waals surface area contributed by atoms with Gasteiger partial charge in [-0.2, -0.15) is 0 Å². The fourth-order valence-electron chi connectivity index (χ4n) is 1.80. The number of rotatable bonds is 8. The van der Waals surface area contributed by atoms with Crippen molar-refractivity contribution in [1.82, 2.24) is 0 Å². The quantitative estimate of drug-likeness (QED) is 0.741. The molecule has 0 saturated carbocycles. The summed E-state index contributed by atoms with van der Waals surface area (Å²) in [5.41, 5.74) is 6.83. The first-order chi connectivity index (χ1) is 10.2. The van der Waals surface area contributed by atoms with Crippen LogP contribution >= 0.6 is 0 Å². The van der Waals surface area contributed by atoms with Crippen LogP contribution in [0.3, 0.4) is 0 Å². The van der Waals surface area contributed by atoms with E-state index in [1.165, 1.54) is 0 Å². The first-order valence-corrected chi connectivity index (χ1v) is 7.88. The summed E-state index contributed by atoms with van der Waals surface area (Å²) >= 11 is 0. The van der Waals surface area contributed by atoms with Crippen molar-refractivity contribution in [2.75, 3.05) is 13.2 Å². The van der Waals surface area contributed by atoms with Crippen molar-refractivity contribution in [3.63, 3.8) is 0 Å². The van der Waals surface area contributed by atoms with Crippen molar-refractivity contribution in [1.29, 1.82) is 0 Å². The number of nitrogens with two attached hydrogens (primary N) is 1. The van der Waals surface area contributed by atoms with Crippen LogP contribution in [0.4, 0.5) is 0 Å². The molecule has 1 aromatic carbocycles. The molecule has 0 saturated heterocycles. The molecule has 1 atom stereocenters. The van der Waals surface area contributed by atoms with E-state index in [0.29, 0.717) is 13.2 Å². The van der Waals surface area contributed by atoms with E-state index < -0.39 is 0 Å². The van der Waals surface area contributed by atoms with Gasteiger partial charge in [0, 0.05) is 5.56 Å². The average Bonchev–Trinajstić information content (AvgIpc) is 2.50. The molecule has 0 radical (unpaired) electrons. The highest BCUT2D eigenvalue weighted by molar-refractivity contribution is 5.48. The minimum Gasteiger partial charge on any atom is -0.490 e. The van der Waals surface area contributed by atoms with Gasteiger partial charge < -0.3 is 15.2 Å². The van der Waals surface area contributed by atoms with Gasteiger partial charge in [-0.3, -0.25) is 0 Å². The predicted octanol–water partition coefficient (Wildman–Crippen LogP) is 3.74. The number of hydrogen-bond acceptors (Lipinski definition) is 3. The van der Waals surface area contributed by atoms with Crippen LogP contribution in [-0.2, 0) is 0 Å². The van der Waals surface area contributed by atoms with Crippen molar-refractivity contribution in [2.24, 2.45) is 5.73 Å². The standard InChI is InChI=1S/C18H27NO2/c1-4-7-16(19)10-8-15-9-11-17(20-12-5-2)18(14-15)21-13-6-3/h9,11,14,16H,4-7,12-13,19H2,1-3H3. The lowest BCUT2D eigenvalue weighted by atomic mass is 10.1. The molecule has 3 heteroatoms. The summed E-state index contributed by atoms with van der Waals surface area (Å²) in [5.74, 6) is 7.75. The average molecular weight is 289 g/mol. The molecule has 0 aliphatic rings. The number of ether oxygens (including phenoxy) is 2. The Morgan fingerprint density at radius 1 is 1.00 bits per heavy atom. The van der Waals surface area contributed by atoms with Gasteiger partial charge in [0.05, 0.1) is 19.3 Å². The van der Waals surface area contributed by atoms with Gasteiger partial charge in [-0.15, -0.1) is 0 Å². The van der Waals surface area contributed by atoms with Crippen LogP contribution in [0, 0.1) is 11.8 Å². The Morgan fingerprint density at radius 2 is 1.67 bits per heavy atom. The molecule has 1 rings (SSSR count). The minimum atomic E-state index is -0.0639. The summed E-state index contributed by atoms with van der Waals surface area (Å²) in [5, 5.41) is 0. The van der Waals surface area contributed by atoms with E-state index in [9.17, 15) is 0 Å². The van der Waals surface area contributed by atoms with E-state index in [1.807, 2.05) is 18.2 Å². The number of benzene rings is 1. The molecule has 1 unspecified atom stereocenters. The van der Waals surface area contributed by atoms with Gasteiger partial charge in [0.2, 0.25) is 0 Å².